The van der Waals surface area contributed by atoms with E-state index in [9.17, 15) is 4.91 Å². The molecule has 1 aliphatic carbocycles. The molecule has 6 heteroatoms. The second-order valence-corrected chi connectivity index (χ2v) is 6.47. The van der Waals surface area contributed by atoms with Crippen LogP contribution in [-0.2, 0) is 12.8 Å². The molecule has 1 aromatic carbocycles. The van der Waals surface area contributed by atoms with Gasteiger partial charge in [0, 0.05) is 35.2 Å². The van der Waals surface area contributed by atoms with Crippen LogP contribution in [0.15, 0.2) is 28.5 Å². The molecule has 0 atom stereocenters. The molecule has 0 fully saturated rings. The second kappa shape index (κ2) is 7.99. The van der Waals surface area contributed by atoms with Gasteiger partial charge in [-0.15, -0.1) is 0 Å². The smallest absolute Gasteiger partial charge is 0.101 e. The van der Waals surface area contributed by atoms with Gasteiger partial charge in [-0.2, -0.15) is 4.91 Å². The van der Waals surface area contributed by atoms with E-state index in [1.54, 1.807) is 6.21 Å². The van der Waals surface area contributed by atoms with Gasteiger partial charge < -0.3 is 11.1 Å². The van der Waals surface area contributed by atoms with Crippen LogP contribution in [0.2, 0.25) is 0 Å². The van der Waals surface area contributed by atoms with Gasteiger partial charge in [-0.05, 0) is 55.4 Å². The van der Waals surface area contributed by atoms with Gasteiger partial charge in [0.2, 0.25) is 0 Å². The minimum atomic E-state index is 0.152. The number of nitrogens with zero attached hydrogens (tertiary/aromatic N) is 3. The number of nitrogens with two attached hydrogens (primary N) is 1. The van der Waals surface area contributed by atoms with Gasteiger partial charge in [0.05, 0.1) is 17.8 Å². The first kappa shape index (κ1) is 17.9. The maximum atomic E-state index is 10.2. The summed E-state index contributed by atoms with van der Waals surface area (Å²) in [7, 11) is 0. The van der Waals surface area contributed by atoms with E-state index in [0.717, 1.165) is 59.0 Å². The number of nitroso groups, excluding NO2 is 1. The molecule has 26 heavy (non-hydrogen) atoms. The van der Waals surface area contributed by atoms with Crippen LogP contribution in [-0.4, -0.2) is 30.5 Å². The minimum absolute atomic E-state index is 0.152. The third kappa shape index (κ3) is 3.27. The number of aromatic nitrogens is 1. The summed E-state index contributed by atoms with van der Waals surface area (Å²) in [6, 6.07) is 4.02. The highest BCUT2D eigenvalue weighted by Crippen LogP contribution is 2.34. The highest BCUT2D eigenvalue weighted by Gasteiger charge is 2.21. The van der Waals surface area contributed by atoms with Crippen molar-refractivity contribution >= 4 is 28.9 Å². The van der Waals surface area contributed by atoms with E-state index in [4.69, 9.17) is 16.1 Å². The number of benzene rings is 1. The van der Waals surface area contributed by atoms with Gasteiger partial charge in [0.15, 0.2) is 0 Å². The Kier molecular flexibility index (Phi) is 5.51. The van der Waals surface area contributed by atoms with Gasteiger partial charge in [0.25, 0.3) is 0 Å². The molecular formula is C20H23N5O. The van der Waals surface area contributed by atoms with E-state index in [2.05, 4.69) is 10.2 Å². The molecule has 0 unspecified atom stereocenters. The molecule has 0 amide bonds. The Bertz CT molecular complexity index is 914. The molecule has 6 nitrogen and oxygen atoms in total. The fraction of sp³-hybridized carbons (Fsp3) is 0.350. The van der Waals surface area contributed by atoms with Crippen LogP contribution in [0.25, 0.3) is 16.5 Å². The van der Waals surface area contributed by atoms with Crippen molar-refractivity contribution in [3.05, 3.63) is 51.2 Å². The molecular weight excluding hydrogens is 326 g/mol. The normalized spacial score (nSPS) is 14.6. The van der Waals surface area contributed by atoms with Gasteiger partial charge in [-0.1, -0.05) is 11.2 Å². The fourth-order valence-electron chi connectivity index (χ4n) is 3.62. The van der Waals surface area contributed by atoms with Crippen molar-refractivity contribution in [3.8, 4) is 0 Å². The van der Waals surface area contributed by atoms with Gasteiger partial charge in [0.1, 0.15) is 6.54 Å². The van der Waals surface area contributed by atoms with Gasteiger partial charge >= 0.3 is 0 Å². The number of fused-ring (bicyclic) bond motifs is 3. The average molecular weight is 349 g/mol. The van der Waals surface area contributed by atoms with Crippen LogP contribution in [0, 0.1) is 17.2 Å². The zero-order valence-electron chi connectivity index (χ0n) is 15.0. The summed E-state index contributed by atoms with van der Waals surface area (Å²) >= 11 is 0. The molecule has 0 saturated heterocycles. The lowest BCUT2D eigenvalue weighted by Crippen LogP contribution is -2.12. The third-order valence-corrected chi connectivity index (χ3v) is 4.88. The van der Waals surface area contributed by atoms with Crippen molar-refractivity contribution in [1.82, 2.24) is 4.98 Å². The van der Waals surface area contributed by atoms with E-state index in [1.807, 2.05) is 19.1 Å². The Morgan fingerprint density at radius 2 is 2.04 bits per heavy atom. The summed E-state index contributed by atoms with van der Waals surface area (Å²) in [5.74, 6) is 0. The van der Waals surface area contributed by atoms with E-state index < -0.39 is 0 Å². The maximum Gasteiger partial charge on any atom is 0.101 e. The van der Waals surface area contributed by atoms with Crippen LogP contribution in [0.5, 0.6) is 0 Å². The molecule has 1 aliphatic rings. The van der Waals surface area contributed by atoms with Crippen LogP contribution in [0.4, 0.5) is 0 Å². The number of hydrogen-bond acceptors (Lipinski definition) is 6. The SMILES string of the molecule is Cc1ccc2nc(/C(C=NCCN=O)=C/N)c3c(c2c1C=N)CCCC3. The monoisotopic (exact) mass is 349 g/mol. The molecule has 0 spiro atoms. The highest BCUT2D eigenvalue weighted by atomic mass is 16.3. The summed E-state index contributed by atoms with van der Waals surface area (Å²) in [6.07, 6.45) is 8.81. The first-order valence-electron chi connectivity index (χ1n) is 8.88. The molecule has 134 valence electrons. The Labute approximate surface area is 152 Å². The maximum absolute atomic E-state index is 10.2. The Morgan fingerprint density at radius 3 is 2.73 bits per heavy atom. The fourth-order valence-corrected chi connectivity index (χ4v) is 3.62. The Hall–Kier alpha value is -2.89. The molecule has 2 aromatic rings. The molecule has 0 bridgehead atoms. The van der Waals surface area contributed by atoms with E-state index in [0.29, 0.717) is 6.54 Å². The van der Waals surface area contributed by atoms with E-state index in [1.165, 1.54) is 23.5 Å². The average Bonchev–Trinajstić information content (AvgIpc) is 2.68. The number of pyridine rings is 1. The lowest BCUT2D eigenvalue weighted by molar-refractivity contribution is 0.686. The number of hydrogen-bond donors (Lipinski definition) is 2. The van der Waals surface area contributed by atoms with Crippen molar-refractivity contribution in [2.75, 3.05) is 13.1 Å². The quantitative estimate of drug-likeness (QED) is 0.473. The molecule has 0 saturated carbocycles. The number of allylic oxidation sites excluding steroid dienone is 1. The summed E-state index contributed by atoms with van der Waals surface area (Å²) in [4.78, 5) is 19.3. The highest BCUT2D eigenvalue weighted by molar-refractivity contribution is 6.11. The first-order chi connectivity index (χ1) is 12.7. The van der Waals surface area contributed by atoms with Gasteiger partial charge in [-0.3, -0.25) is 4.99 Å². The molecule has 0 aliphatic heterocycles. The van der Waals surface area contributed by atoms with Crippen LogP contribution >= 0.6 is 0 Å². The summed E-state index contributed by atoms with van der Waals surface area (Å²) in [5.41, 5.74) is 12.9. The van der Waals surface area contributed by atoms with Crippen LogP contribution in [0.1, 0.15) is 40.8 Å². The molecule has 1 heterocycles. The van der Waals surface area contributed by atoms with Crippen molar-refractivity contribution in [2.45, 2.75) is 32.6 Å². The summed E-state index contributed by atoms with van der Waals surface area (Å²) in [5, 5.41) is 11.8. The van der Waals surface area contributed by atoms with Crippen molar-refractivity contribution in [2.24, 2.45) is 15.9 Å². The Balaban J connectivity index is 2.21. The molecule has 3 rings (SSSR count). The zero-order valence-corrected chi connectivity index (χ0v) is 15.0. The standard InChI is InChI=1S/C20H23N5O/c1-13-6-7-18-19(17(13)11-22)15-4-2-3-5-16(15)20(25-18)14(10-21)12-23-8-9-24-26/h6-7,10-12,22H,2-5,8-9,21H2,1H3/b14-10+,22-11?,23-12?. The number of nitrogens with one attached hydrogen (secondary N) is 1. The van der Waals surface area contributed by atoms with Gasteiger partial charge in [-0.25, -0.2) is 4.98 Å². The Morgan fingerprint density at radius 1 is 1.27 bits per heavy atom. The number of aliphatic imine (C=N–C) groups is 1. The first-order valence-corrected chi connectivity index (χ1v) is 8.88. The zero-order chi connectivity index (χ0) is 18.5. The molecule has 1 aromatic heterocycles. The van der Waals surface area contributed by atoms with Crippen LogP contribution in [0.3, 0.4) is 0 Å². The predicted octanol–water partition coefficient (Wildman–Crippen LogP) is 3.56. The summed E-state index contributed by atoms with van der Waals surface area (Å²) < 4.78 is 0. The lowest BCUT2D eigenvalue weighted by atomic mass is 9.84. The summed E-state index contributed by atoms with van der Waals surface area (Å²) in [6.45, 7) is 2.52. The van der Waals surface area contributed by atoms with Crippen molar-refractivity contribution in [1.29, 1.82) is 5.41 Å². The van der Waals surface area contributed by atoms with Crippen molar-refractivity contribution < 1.29 is 0 Å². The second-order valence-electron chi connectivity index (χ2n) is 6.47. The topological polar surface area (TPSA) is 105 Å². The predicted molar refractivity (Wildman–Crippen MR) is 107 cm³/mol. The van der Waals surface area contributed by atoms with Crippen molar-refractivity contribution in [3.63, 3.8) is 0 Å². The van der Waals surface area contributed by atoms with Crippen LogP contribution < -0.4 is 5.73 Å². The lowest BCUT2D eigenvalue weighted by Gasteiger charge is -2.23. The largest absolute Gasteiger partial charge is 0.404 e. The minimum Gasteiger partial charge on any atom is -0.404 e. The van der Waals surface area contributed by atoms with E-state index >= 15 is 0 Å². The number of rotatable bonds is 6. The van der Waals surface area contributed by atoms with E-state index in [-0.39, 0.29) is 6.54 Å². The third-order valence-electron chi connectivity index (χ3n) is 4.88. The molecule has 0 radical (unpaired) electrons. The molecule has 3 N–H and O–H groups in total. The number of aryl methyl sites for hydroxylation is 2.